The number of likely N-dealkylation sites (N-methyl/N-ethyl adjacent to an activating group) is 1. The molecule has 0 bridgehead atoms. The first-order chi connectivity index (χ1) is 14.0. The van der Waals surface area contributed by atoms with Gasteiger partial charge in [0.15, 0.2) is 5.65 Å². The summed E-state index contributed by atoms with van der Waals surface area (Å²) < 4.78 is 1.51. The Hall–Kier alpha value is -3.82. The maximum atomic E-state index is 12.8. The van der Waals surface area contributed by atoms with Gasteiger partial charge in [0.1, 0.15) is 29.0 Å². The molecule has 4 N–H and O–H groups in total. The van der Waals surface area contributed by atoms with E-state index in [0.29, 0.717) is 35.9 Å². The van der Waals surface area contributed by atoms with Crippen LogP contribution in [0.1, 0.15) is 16.8 Å². The molecular weight excluding hydrogens is 374 g/mol. The maximum absolute atomic E-state index is 12.8. The largest absolute Gasteiger partial charge is 0.506 e. The van der Waals surface area contributed by atoms with E-state index in [4.69, 9.17) is 0 Å². The molecule has 1 aliphatic heterocycles. The number of carbonyl (C=O) groups is 2. The minimum absolute atomic E-state index is 0.0792. The lowest BCUT2D eigenvalue weighted by atomic mass is 10.2. The summed E-state index contributed by atoms with van der Waals surface area (Å²) in [7, 11) is 3.44. The number of nitrogens with zero attached hydrogens (tertiary/aromatic N) is 4. The normalized spacial score (nSPS) is 16.3. The lowest BCUT2D eigenvalue weighted by molar-refractivity contribution is -0.128. The molecule has 1 aromatic carbocycles. The van der Waals surface area contributed by atoms with Crippen molar-refractivity contribution in [3.05, 3.63) is 42.1 Å². The second-order valence-corrected chi connectivity index (χ2v) is 6.79. The smallest absolute Gasteiger partial charge is 0.257 e. The van der Waals surface area contributed by atoms with Crippen LogP contribution in [0.25, 0.3) is 5.65 Å². The molecular formula is C19H21N7O3. The van der Waals surface area contributed by atoms with Crippen molar-refractivity contribution < 1.29 is 14.7 Å². The standard InChI is InChI=1S/C19H21N7O3/c1-20-16-9-15(22-12-5-3-4-6-14(12)27)24-17-11(10-21-26(16)17)18(28)23-13-7-8-25(2)19(13)29/h3-6,9-10,13,20,27H,7-8H2,1-2H3,(H,22,24)(H,23,28). The van der Waals surface area contributed by atoms with E-state index >= 15 is 0 Å². The fraction of sp³-hybridized carbons (Fsp3) is 0.263. The number of aromatic nitrogens is 3. The fourth-order valence-electron chi connectivity index (χ4n) is 3.27. The fourth-order valence-corrected chi connectivity index (χ4v) is 3.27. The number of para-hydroxylation sites is 2. The summed E-state index contributed by atoms with van der Waals surface area (Å²) in [5.74, 6) is 0.581. The van der Waals surface area contributed by atoms with Crippen LogP contribution in [0.15, 0.2) is 36.5 Å². The van der Waals surface area contributed by atoms with Gasteiger partial charge >= 0.3 is 0 Å². The van der Waals surface area contributed by atoms with Crippen LogP contribution in [0, 0.1) is 0 Å². The third kappa shape index (κ3) is 3.40. The maximum Gasteiger partial charge on any atom is 0.257 e. The highest BCUT2D eigenvalue weighted by molar-refractivity contribution is 6.02. The Labute approximate surface area is 166 Å². The van der Waals surface area contributed by atoms with E-state index in [1.807, 2.05) is 0 Å². The van der Waals surface area contributed by atoms with Crippen LogP contribution in [-0.2, 0) is 4.79 Å². The molecule has 1 aliphatic rings. The van der Waals surface area contributed by atoms with Gasteiger partial charge in [-0.1, -0.05) is 12.1 Å². The van der Waals surface area contributed by atoms with E-state index in [0.717, 1.165) is 0 Å². The molecule has 1 saturated heterocycles. The number of hydrogen-bond acceptors (Lipinski definition) is 7. The monoisotopic (exact) mass is 395 g/mol. The number of nitrogens with one attached hydrogen (secondary N) is 3. The van der Waals surface area contributed by atoms with Crippen LogP contribution < -0.4 is 16.0 Å². The van der Waals surface area contributed by atoms with E-state index in [1.54, 1.807) is 49.3 Å². The summed E-state index contributed by atoms with van der Waals surface area (Å²) in [5.41, 5.74) is 1.06. The van der Waals surface area contributed by atoms with Gasteiger partial charge < -0.3 is 26.0 Å². The van der Waals surface area contributed by atoms with Crippen molar-refractivity contribution >= 4 is 34.8 Å². The number of carbonyl (C=O) groups excluding carboxylic acids is 2. The third-order valence-electron chi connectivity index (χ3n) is 4.87. The number of likely N-dealkylation sites (tertiary alicyclic amines) is 1. The van der Waals surface area contributed by atoms with Gasteiger partial charge in [0.25, 0.3) is 5.91 Å². The second-order valence-electron chi connectivity index (χ2n) is 6.79. The van der Waals surface area contributed by atoms with E-state index < -0.39 is 11.9 Å². The highest BCUT2D eigenvalue weighted by Crippen LogP contribution is 2.27. The van der Waals surface area contributed by atoms with E-state index in [1.165, 1.54) is 10.7 Å². The molecule has 0 spiro atoms. The Morgan fingerprint density at radius 2 is 2.10 bits per heavy atom. The molecule has 1 unspecified atom stereocenters. The molecule has 1 atom stereocenters. The van der Waals surface area contributed by atoms with E-state index in [9.17, 15) is 14.7 Å². The third-order valence-corrected chi connectivity index (χ3v) is 4.87. The molecule has 29 heavy (non-hydrogen) atoms. The van der Waals surface area contributed by atoms with Gasteiger partial charge in [-0.25, -0.2) is 4.98 Å². The predicted octanol–water partition coefficient (Wildman–Crippen LogP) is 1.18. The summed E-state index contributed by atoms with van der Waals surface area (Å²) >= 11 is 0. The highest BCUT2D eigenvalue weighted by Gasteiger charge is 2.31. The van der Waals surface area contributed by atoms with Gasteiger partial charge in [0, 0.05) is 26.7 Å². The molecule has 0 saturated carbocycles. The zero-order valence-corrected chi connectivity index (χ0v) is 16.0. The van der Waals surface area contributed by atoms with Crippen molar-refractivity contribution in [2.75, 3.05) is 31.3 Å². The molecule has 3 heterocycles. The molecule has 10 heteroatoms. The molecule has 0 aliphatic carbocycles. The zero-order valence-electron chi connectivity index (χ0n) is 16.0. The first kappa shape index (κ1) is 18.5. The second kappa shape index (κ2) is 7.30. The molecule has 2 amide bonds. The number of fused-ring (bicyclic) bond motifs is 1. The Morgan fingerprint density at radius 3 is 2.79 bits per heavy atom. The van der Waals surface area contributed by atoms with Crippen molar-refractivity contribution in [3.63, 3.8) is 0 Å². The first-order valence-corrected chi connectivity index (χ1v) is 9.15. The number of phenols is 1. The van der Waals surface area contributed by atoms with Crippen molar-refractivity contribution in [2.24, 2.45) is 0 Å². The van der Waals surface area contributed by atoms with E-state index in [-0.39, 0.29) is 17.2 Å². The number of amides is 2. The Kier molecular flexibility index (Phi) is 4.67. The van der Waals surface area contributed by atoms with Gasteiger partial charge in [-0.15, -0.1) is 0 Å². The number of hydrogen-bond donors (Lipinski definition) is 4. The van der Waals surface area contributed by atoms with Gasteiger partial charge in [-0.2, -0.15) is 9.61 Å². The summed E-state index contributed by atoms with van der Waals surface area (Å²) in [6.45, 7) is 0.606. The number of phenolic OH excluding ortho intramolecular Hbond substituents is 1. The average molecular weight is 395 g/mol. The lowest BCUT2D eigenvalue weighted by Gasteiger charge is -2.13. The van der Waals surface area contributed by atoms with Crippen molar-refractivity contribution in [3.8, 4) is 5.75 Å². The molecule has 4 rings (SSSR count). The lowest BCUT2D eigenvalue weighted by Crippen LogP contribution is -2.40. The quantitative estimate of drug-likeness (QED) is 0.478. The number of aromatic hydroxyl groups is 1. The molecule has 1 fully saturated rings. The van der Waals surface area contributed by atoms with Gasteiger partial charge in [-0.3, -0.25) is 9.59 Å². The van der Waals surface area contributed by atoms with Gasteiger partial charge in [0.05, 0.1) is 11.9 Å². The van der Waals surface area contributed by atoms with Crippen LogP contribution in [-0.4, -0.2) is 63.1 Å². The van der Waals surface area contributed by atoms with Crippen LogP contribution >= 0.6 is 0 Å². The molecule has 0 radical (unpaired) electrons. The van der Waals surface area contributed by atoms with Crippen molar-refractivity contribution in [1.29, 1.82) is 0 Å². The first-order valence-electron chi connectivity index (χ1n) is 9.15. The number of benzene rings is 1. The van der Waals surface area contributed by atoms with Crippen LogP contribution in [0.4, 0.5) is 17.3 Å². The van der Waals surface area contributed by atoms with Crippen LogP contribution in [0.5, 0.6) is 5.75 Å². The molecule has 3 aromatic rings. The van der Waals surface area contributed by atoms with E-state index in [2.05, 4.69) is 26.0 Å². The van der Waals surface area contributed by atoms with Crippen molar-refractivity contribution in [2.45, 2.75) is 12.5 Å². The Bertz CT molecular complexity index is 1090. The summed E-state index contributed by atoms with van der Waals surface area (Å²) in [6.07, 6.45) is 1.99. The van der Waals surface area contributed by atoms with Crippen LogP contribution in [0.3, 0.4) is 0 Å². The average Bonchev–Trinajstić information content (AvgIpc) is 3.28. The molecule has 150 valence electrons. The molecule has 10 nitrogen and oxygen atoms in total. The summed E-state index contributed by atoms with van der Waals surface area (Å²) in [6, 6.07) is 7.95. The number of anilines is 3. The summed E-state index contributed by atoms with van der Waals surface area (Å²) in [4.78, 5) is 31.0. The molecule has 2 aromatic heterocycles. The highest BCUT2D eigenvalue weighted by atomic mass is 16.3. The number of rotatable bonds is 5. The van der Waals surface area contributed by atoms with Crippen LogP contribution in [0.2, 0.25) is 0 Å². The van der Waals surface area contributed by atoms with Gasteiger partial charge in [-0.05, 0) is 18.6 Å². The Balaban J connectivity index is 1.67. The van der Waals surface area contributed by atoms with Gasteiger partial charge in [0.2, 0.25) is 5.91 Å². The zero-order chi connectivity index (χ0) is 20.5. The topological polar surface area (TPSA) is 124 Å². The predicted molar refractivity (Wildman–Crippen MR) is 107 cm³/mol. The SMILES string of the molecule is CNc1cc(Nc2ccccc2O)nc2c(C(=O)NC3CCN(C)C3=O)cnn12. The summed E-state index contributed by atoms with van der Waals surface area (Å²) in [5, 5.41) is 23.1. The minimum Gasteiger partial charge on any atom is -0.506 e. The van der Waals surface area contributed by atoms with Crippen molar-refractivity contribution in [1.82, 2.24) is 24.8 Å². The minimum atomic E-state index is -0.547. The Morgan fingerprint density at radius 1 is 1.31 bits per heavy atom.